The summed E-state index contributed by atoms with van der Waals surface area (Å²) in [6.07, 6.45) is -0.226. The van der Waals surface area contributed by atoms with Gasteiger partial charge in [-0.2, -0.15) is 18.6 Å². The number of hydrogen-bond donors (Lipinski definition) is 3. The first kappa shape index (κ1) is 18.7. The van der Waals surface area contributed by atoms with Crippen LogP contribution in [-0.2, 0) is 19.5 Å². The van der Waals surface area contributed by atoms with Crippen molar-refractivity contribution in [2.75, 3.05) is 27.2 Å². The summed E-state index contributed by atoms with van der Waals surface area (Å²) in [6, 6.07) is -1.09. The van der Waals surface area contributed by atoms with Gasteiger partial charge in [-0.25, -0.2) is 9.59 Å². The van der Waals surface area contributed by atoms with Crippen LogP contribution in [0.25, 0.3) is 0 Å². The zero-order chi connectivity index (χ0) is 20.1. The third-order valence-corrected chi connectivity index (χ3v) is 4.46. The minimum atomic E-state index is -5.16. The fraction of sp³-hybridized carbons (Fsp3) is 0.417. The van der Waals surface area contributed by atoms with Crippen LogP contribution in [0.1, 0.15) is 0 Å². The number of nitrogens with zero attached hydrogens (tertiary/aromatic N) is 5. The van der Waals surface area contributed by atoms with Gasteiger partial charge in [-0.05, 0) is 0 Å². The van der Waals surface area contributed by atoms with Crippen LogP contribution >= 0.6 is 0 Å². The van der Waals surface area contributed by atoms with E-state index in [1.165, 1.54) is 14.1 Å². The highest BCUT2D eigenvalue weighted by molar-refractivity contribution is 7.80. The van der Waals surface area contributed by atoms with E-state index in [9.17, 15) is 22.8 Å². The van der Waals surface area contributed by atoms with Gasteiger partial charge < -0.3 is 15.3 Å². The molecule has 1 atom stereocenters. The molecule has 4 amide bonds. The second kappa shape index (κ2) is 6.00. The number of amides is 4. The highest BCUT2D eigenvalue weighted by Crippen LogP contribution is 2.47. The molecule has 0 aromatic carbocycles. The van der Waals surface area contributed by atoms with E-state index < -0.39 is 40.5 Å². The maximum absolute atomic E-state index is 12.9. The van der Waals surface area contributed by atoms with Crippen molar-refractivity contribution in [3.8, 4) is 0 Å². The zero-order valence-electron chi connectivity index (χ0n) is 14.0. The number of likely N-dealkylation sites (N-methyl/N-ethyl adjacent to an activating group) is 1. The summed E-state index contributed by atoms with van der Waals surface area (Å²) < 4.78 is 36.0. The average Bonchev–Trinajstić information content (AvgIpc) is 3.12. The van der Waals surface area contributed by atoms with Crippen LogP contribution in [0.4, 0.5) is 9.59 Å². The zero-order valence-corrected chi connectivity index (χ0v) is 14.8. The van der Waals surface area contributed by atoms with E-state index in [1.54, 1.807) is 0 Å². The van der Waals surface area contributed by atoms with E-state index in [2.05, 4.69) is 19.8 Å². The first-order valence-electron chi connectivity index (χ1n) is 7.31. The van der Waals surface area contributed by atoms with Crippen LogP contribution in [0.2, 0.25) is 0 Å². The topological polar surface area (TPSA) is 182 Å². The van der Waals surface area contributed by atoms with Crippen LogP contribution < -0.4 is 5.32 Å². The van der Waals surface area contributed by atoms with E-state index in [1.807, 2.05) is 0 Å². The van der Waals surface area contributed by atoms with Crippen LogP contribution in [0.3, 0.4) is 0 Å². The third kappa shape index (κ3) is 2.81. The Bertz CT molecular complexity index is 938. The molecule has 15 heteroatoms. The summed E-state index contributed by atoms with van der Waals surface area (Å²) >= 11 is 0. The second-order valence-corrected chi connectivity index (χ2v) is 6.94. The molecule has 3 aliphatic heterocycles. The number of carbonyl (C=O) groups is 3. The summed E-state index contributed by atoms with van der Waals surface area (Å²) in [5.41, 5.74) is -1.87. The normalized spacial score (nSPS) is 23.5. The van der Waals surface area contributed by atoms with Crippen LogP contribution in [0, 0.1) is 0 Å². The Labute approximate surface area is 152 Å². The lowest BCUT2D eigenvalue weighted by Crippen LogP contribution is -2.60. The van der Waals surface area contributed by atoms with E-state index in [0.717, 1.165) is 16.0 Å². The number of carbonyl (C=O) groups excluding carboxylic acids is 2. The molecule has 0 aromatic rings. The van der Waals surface area contributed by atoms with Gasteiger partial charge in [0.05, 0.1) is 25.0 Å². The molecule has 0 aromatic heterocycles. The largest absolute Gasteiger partial charge is 0.465 e. The van der Waals surface area contributed by atoms with Gasteiger partial charge in [0.15, 0.2) is 5.54 Å². The molecular formula is C12H14N6O8S. The van der Waals surface area contributed by atoms with Crippen molar-refractivity contribution in [1.82, 2.24) is 20.2 Å². The number of azo groups is 1. The summed E-state index contributed by atoms with van der Waals surface area (Å²) in [7, 11) is -2.40. The predicted molar refractivity (Wildman–Crippen MR) is 84.0 cm³/mol. The molecule has 1 fully saturated rings. The average molecular weight is 402 g/mol. The van der Waals surface area contributed by atoms with Gasteiger partial charge >= 0.3 is 22.5 Å². The molecule has 3 aliphatic rings. The van der Waals surface area contributed by atoms with Gasteiger partial charge in [0.2, 0.25) is 0 Å². The quantitative estimate of drug-likeness (QED) is 0.496. The van der Waals surface area contributed by atoms with Gasteiger partial charge in [0.1, 0.15) is 5.70 Å². The molecule has 0 saturated carbocycles. The van der Waals surface area contributed by atoms with Crippen molar-refractivity contribution in [2.24, 2.45) is 10.2 Å². The molecule has 0 radical (unpaired) electrons. The minimum Gasteiger partial charge on any atom is -0.465 e. The fourth-order valence-corrected chi connectivity index (χ4v) is 3.49. The molecule has 27 heavy (non-hydrogen) atoms. The SMILES string of the molecule is CN(C)C(=O)C12CN(C(=O)N1OS(=O)(=O)O)C(CNC(=O)O)=C1N=NC=C12. The van der Waals surface area contributed by atoms with Crippen LogP contribution in [0.5, 0.6) is 0 Å². The predicted octanol–water partition coefficient (Wildman–Crippen LogP) is -0.872. The van der Waals surface area contributed by atoms with Crippen molar-refractivity contribution >= 4 is 28.4 Å². The highest BCUT2D eigenvalue weighted by atomic mass is 32.3. The van der Waals surface area contributed by atoms with E-state index in [4.69, 9.17) is 9.66 Å². The van der Waals surface area contributed by atoms with Gasteiger partial charge in [-0.15, -0.1) is 9.40 Å². The van der Waals surface area contributed by atoms with Crippen molar-refractivity contribution in [2.45, 2.75) is 5.54 Å². The fourth-order valence-electron chi connectivity index (χ4n) is 3.11. The van der Waals surface area contributed by atoms with E-state index in [-0.39, 0.29) is 28.6 Å². The number of nitrogens with one attached hydrogen (secondary N) is 1. The maximum Gasteiger partial charge on any atom is 0.418 e. The molecule has 2 bridgehead atoms. The van der Waals surface area contributed by atoms with Gasteiger partial charge in [-0.1, -0.05) is 0 Å². The summed E-state index contributed by atoms with van der Waals surface area (Å²) in [5, 5.41) is 18.7. The number of rotatable bonds is 5. The van der Waals surface area contributed by atoms with Crippen molar-refractivity contribution in [3.05, 3.63) is 23.2 Å². The second-order valence-electron chi connectivity index (χ2n) is 5.94. The molecule has 0 aliphatic carbocycles. The Kier molecular flexibility index (Phi) is 4.16. The molecule has 146 valence electrons. The Balaban J connectivity index is 2.18. The standard InChI is InChI=1S/C12H14N6O8S/c1-16(2)9(19)12-5-17(11(22)18(12)26-27(23,24)25)7(4-13-10(20)21)8-6(12)3-14-15-8/h3,13H,4-5H2,1-2H3,(H,20,21)(H,23,24,25). The number of hydroxylamine groups is 2. The van der Waals surface area contributed by atoms with Gasteiger partial charge in [0.25, 0.3) is 5.91 Å². The van der Waals surface area contributed by atoms with Crippen molar-refractivity contribution < 1.29 is 36.7 Å². The lowest BCUT2D eigenvalue weighted by molar-refractivity contribution is -0.149. The summed E-state index contributed by atoms with van der Waals surface area (Å²) in [4.78, 5) is 38.6. The smallest absolute Gasteiger partial charge is 0.418 e. The Morgan fingerprint density at radius 3 is 2.67 bits per heavy atom. The molecule has 1 saturated heterocycles. The highest BCUT2D eigenvalue weighted by Gasteiger charge is 2.65. The lowest BCUT2D eigenvalue weighted by Gasteiger charge is -2.37. The lowest BCUT2D eigenvalue weighted by atomic mass is 9.84. The number of fused-ring (bicyclic) bond motifs is 4. The van der Waals surface area contributed by atoms with Gasteiger partial charge in [-0.3, -0.25) is 14.2 Å². The molecule has 3 heterocycles. The first-order valence-corrected chi connectivity index (χ1v) is 8.68. The minimum absolute atomic E-state index is 0.0278. The molecule has 1 unspecified atom stereocenters. The molecule has 3 rings (SSSR count). The molecule has 14 nitrogen and oxygen atoms in total. The molecule has 0 spiro atoms. The van der Waals surface area contributed by atoms with E-state index in [0.29, 0.717) is 0 Å². The number of hydrogen-bond acceptors (Lipinski definition) is 8. The Hall–Kier alpha value is -3.04. The third-order valence-electron chi connectivity index (χ3n) is 4.12. The summed E-state index contributed by atoms with van der Waals surface area (Å²) in [5.74, 6) is -0.733. The maximum atomic E-state index is 12.9. The number of carboxylic acid groups (broad SMARTS) is 1. The van der Waals surface area contributed by atoms with Crippen molar-refractivity contribution in [3.63, 3.8) is 0 Å². The van der Waals surface area contributed by atoms with Gasteiger partial charge in [0, 0.05) is 19.7 Å². The molecule has 3 N–H and O–H groups in total. The van der Waals surface area contributed by atoms with Crippen molar-refractivity contribution in [1.29, 1.82) is 0 Å². The Morgan fingerprint density at radius 1 is 1.44 bits per heavy atom. The van der Waals surface area contributed by atoms with Crippen LogP contribution in [-0.4, -0.2) is 83.7 Å². The summed E-state index contributed by atoms with van der Waals surface area (Å²) in [6.45, 7) is -0.756. The van der Waals surface area contributed by atoms with Crippen LogP contribution in [0.15, 0.2) is 33.4 Å². The number of urea groups is 1. The first-order chi connectivity index (χ1) is 12.5. The Morgan fingerprint density at radius 2 is 2.11 bits per heavy atom. The van der Waals surface area contributed by atoms with E-state index >= 15 is 0 Å². The monoisotopic (exact) mass is 402 g/mol. The molecular weight excluding hydrogens is 388 g/mol.